The molecule has 0 radical (unpaired) electrons. The summed E-state index contributed by atoms with van der Waals surface area (Å²) in [5.74, 6) is 0.769. The molecule has 13 nitrogen and oxygen atoms in total. The normalized spacial score (nSPS) is 17.0. The lowest BCUT2D eigenvalue weighted by molar-refractivity contribution is -0.0695. The lowest BCUT2D eigenvalue weighted by Crippen LogP contribution is -2.39. The number of ether oxygens (including phenoxy) is 1. The van der Waals surface area contributed by atoms with Gasteiger partial charge >= 0.3 is 0 Å². The van der Waals surface area contributed by atoms with Gasteiger partial charge in [0.1, 0.15) is 6.10 Å². The second kappa shape index (κ2) is 32.2. The van der Waals surface area contributed by atoms with Crippen molar-refractivity contribution in [2.75, 3.05) is 40.1 Å². The monoisotopic (exact) mass is 725 g/mol. The van der Waals surface area contributed by atoms with Crippen LogP contribution in [0, 0.1) is 35.5 Å². The topological polar surface area (TPSA) is 252 Å². The van der Waals surface area contributed by atoms with Gasteiger partial charge in [-0.2, -0.15) is 0 Å². The Morgan fingerprint density at radius 1 is 0.469 bits per heavy atom. The zero-order valence-corrected chi connectivity index (χ0v) is 34.2. The van der Waals surface area contributed by atoms with Crippen molar-refractivity contribution in [2.24, 2.45) is 35.5 Å². The van der Waals surface area contributed by atoms with Crippen LogP contribution in [0.15, 0.2) is 0 Å². The molecule has 0 rings (SSSR count). The molecule has 12 N–H and O–H groups in total. The van der Waals surface area contributed by atoms with Gasteiger partial charge in [-0.05, 0) is 63.2 Å². The van der Waals surface area contributed by atoms with Crippen LogP contribution in [0.3, 0.4) is 0 Å². The standard InChI is InChI=1S/C7H16O3.C7H16O2.2C6H14O2.2C5H12O2/c1-5(2)7(9)6(8)4-10-3;1-5(2)6(8)7(3,4)9;2*1-5(2)6(3,8)4-7;2*1-4(2)5(7)3-6/h5-9H,4H2,1-3H3;5-6,8-9H,1-4H3;2*5,7-8H,4H2,1-3H3;2*4-7H,3H2,1-2H3/t6-,7-;3*6-;2*5-/m001010/s1. The second-order valence-electron chi connectivity index (χ2n) is 15.4. The van der Waals surface area contributed by atoms with Crippen LogP contribution in [-0.4, -0.2) is 149 Å². The predicted octanol–water partition coefficient (Wildman–Crippen LogP) is 1.55. The van der Waals surface area contributed by atoms with Gasteiger partial charge in [-0.15, -0.1) is 0 Å². The van der Waals surface area contributed by atoms with Gasteiger partial charge in [0.15, 0.2) is 0 Å². The van der Waals surface area contributed by atoms with Gasteiger partial charge in [-0.25, -0.2) is 0 Å². The third-order valence-corrected chi connectivity index (χ3v) is 7.81. The van der Waals surface area contributed by atoms with Crippen LogP contribution in [0.25, 0.3) is 0 Å². The Morgan fingerprint density at radius 3 is 0.816 bits per heavy atom. The Balaban J connectivity index is -0.000000114. The molecule has 0 spiro atoms. The maximum absolute atomic E-state index is 9.21. The van der Waals surface area contributed by atoms with Gasteiger partial charge in [-0.1, -0.05) is 83.1 Å². The van der Waals surface area contributed by atoms with Crippen LogP contribution in [0.4, 0.5) is 0 Å². The van der Waals surface area contributed by atoms with Crippen molar-refractivity contribution >= 4 is 0 Å². The summed E-state index contributed by atoms with van der Waals surface area (Å²) in [7, 11) is 1.50. The first-order chi connectivity index (χ1) is 21.8. The van der Waals surface area contributed by atoms with Crippen LogP contribution < -0.4 is 0 Å². The maximum Gasteiger partial charge on any atom is 0.103 e. The molecule has 0 bridgehead atoms. The molecule has 0 saturated carbocycles. The fourth-order valence-electron chi connectivity index (χ4n) is 2.32. The summed E-state index contributed by atoms with van der Waals surface area (Å²) in [6, 6.07) is 0. The van der Waals surface area contributed by atoms with Crippen LogP contribution in [-0.2, 0) is 4.74 Å². The van der Waals surface area contributed by atoms with Crippen molar-refractivity contribution in [1.29, 1.82) is 0 Å². The number of aliphatic hydroxyl groups is 12. The first-order valence-corrected chi connectivity index (χ1v) is 17.3. The quantitative estimate of drug-likeness (QED) is 0.122. The average Bonchev–Trinajstić information content (AvgIpc) is 3.00. The number of hydrogen-bond donors (Lipinski definition) is 12. The van der Waals surface area contributed by atoms with E-state index in [-0.39, 0.29) is 68.5 Å². The maximum atomic E-state index is 9.21. The van der Waals surface area contributed by atoms with Crippen LogP contribution in [0.1, 0.15) is 111 Å². The minimum Gasteiger partial charge on any atom is -0.394 e. The van der Waals surface area contributed by atoms with Gasteiger partial charge in [0.2, 0.25) is 0 Å². The zero-order valence-electron chi connectivity index (χ0n) is 34.2. The van der Waals surface area contributed by atoms with Gasteiger partial charge in [0, 0.05) is 7.11 Å². The highest BCUT2D eigenvalue weighted by atomic mass is 16.5. The molecule has 0 aliphatic carbocycles. The molecule has 0 heterocycles. The van der Waals surface area contributed by atoms with Crippen molar-refractivity contribution in [1.82, 2.24) is 0 Å². The summed E-state index contributed by atoms with van der Waals surface area (Å²) in [6.07, 6.45) is -3.15. The Kier molecular flexibility index (Phi) is 39.7. The molecule has 49 heavy (non-hydrogen) atoms. The Hall–Kier alpha value is -0.520. The number of aliphatic hydroxyl groups excluding tert-OH is 9. The van der Waals surface area contributed by atoms with E-state index in [1.54, 1.807) is 27.7 Å². The predicted molar refractivity (Wildman–Crippen MR) is 197 cm³/mol. The van der Waals surface area contributed by atoms with Gasteiger partial charge in [0.05, 0.1) is 74.3 Å². The van der Waals surface area contributed by atoms with E-state index in [4.69, 9.17) is 46.0 Å². The molecular formula is C36H84O13. The molecule has 306 valence electrons. The second-order valence-corrected chi connectivity index (χ2v) is 15.4. The number of hydrogen-bond acceptors (Lipinski definition) is 13. The molecule has 13 heteroatoms. The van der Waals surface area contributed by atoms with Crippen LogP contribution in [0.2, 0.25) is 0 Å². The lowest BCUT2D eigenvalue weighted by Gasteiger charge is -2.27. The average molecular weight is 725 g/mol. The first-order valence-electron chi connectivity index (χ1n) is 17.3. The van der Waals surface area contributed by atoms with E-state index in [2.05, 4.69) is 4.74 Å². The minimum absolute atomic E-state index is 0.0742. The molecular weight excluding hydrogens is 640 g/mol. The number of methoxy groups -OCH3 is 1. The third-order valence-electron chi connectivity index (χ3n) is 7.81. The van der Waals surface area contributed by atoms with E-state index >= 15 is 0 Å². The van der Waals surface area contributed by atoms with E-state index in [0.29, 0.717) is 0 Å². The smallest absolute Gasteiger partial charge is 0.103 e. The zero-order chi connectivity index (χ0) is 41.1. The van der Waals surface area contributed by atoms with Crippen molar-refractivity contribution in [3.8, 4) is 0 Å². The van der Waals surface area contributed by atoms with Crippen molar-refractivity contribution < 1.29 is 66.0 Å². The van der Waals surface area contributed by atoms with Gasteiger partial charge in [-0.3, -0.25) is 0 Å². The SMILES string of the molecule is CC(C)[C@@H](O)CO.CC(C)[C@@](C)(O)CO.CC(C)[C@H](O)C(C)(C)O.CC(C)[C@H](O)CO.CC(C)[C@](C)(O)CO.COC[C@H](O)[C@@H](O)C(C)C. The fourth-order valence-corrected chi connectivity index (χ4v) is 2.32. The van der Waals surface area contributed by atoms with Crippen LogP contribution in [0.5, 0.6) is 0 Å². The van der Waals surface area contributed by atoms with Crippen LogP contribution >= 0.6 is 0 Å². The summed E-state index contributed by atoms with van der Waals surface area (Å²) in [4.78, 5) is 0. The van der Waals surface area contributed by atoms with Crippen molar-refractivity contribution in [3.05, 3.63) is 0 Å². The van der Waals surface area contributed by atoms with Crippen molar-refractivity contribution in [2.45, 2.75) is 158 Å². The molecule has 0 unspecified atom stereocenters. The molecule has 0 aromatic carbocycles. The van der Waals surface area contributed by atoms with E-state index in [1.165, 1.54) is 7.11 Å². The van der Waals surface area contributed by atoms with Crippen molar-refractivity contribution in [3.63, 3.8) is 0 Å². The summed E-state index contributed by atoms with van der Waals surface area (Å²) < 4.78 is 4.66. The highest BCUT2D eigenvalue weighted by Gasteiger charge is 2.27. The molecule has 0 aliphatic rings. The molecule has 0 aliphatic heterocycles. The van der Waals surface area contributed by atoms with Gasteiger partial charge < -0.3 is 66.0 Å². The van der Waals surface area contributed by atoms with E-state index in [1.807, 2.05) is 83.1 Å². The Labute approximate surface area is 299 Å². The highest BCUT2D eigenvalue weighted by molar-refractivity contribution is 4.78. The Morgan fingerprint density at radius 2 is 0.755 bits per heavy atom. The molecule has 0 saturated heterocycles. The summed E-state index contributed by atoms with van der Waals surface area (Å²) >= 11 is 0. The summed E-state index contributed by atoms with van der Waals surface area (Å²) in [5, 5.41) is 106. The molecule has 0 amide bonds. The molecule has 0 fully saturated rings. The largest absolute Gasteiger partial charge is 0.394 e. The third kappa shape index (κ3) is 38.5. The number of rotatable bonds is 14. The van der Waals surface area contributed by atoms with E-state index < -0.39 is 47.3 Å². The lowest BCUT2D eigenvalue weighted by atomic mass is 9.93. The molecule has 0 aromatic heterocycles. The highest BCUT2D eigenvalue weighted by Crippen LogP contribution is 2.16. The minimum atomic E-state index is -0.964. The first kappa shape index (κ1) is 60.6. The van der Waals surface area contributed by atoms with Gasteiger partial charge in [0.25, 0.3) is 0 Å². The Bertz CT molecular complexity index is 642. The molecule has 7 atom stereocenters. The van der Waals surface area contributed by atoms with E-state index in [0.717, 1.165) is 0 Å². The van der Waals surface area contributed by atoms with E-state index in [9.17, 15) is 15.3 Å². The molecule has 0 aromatic rings. The fraction of sp³-hybridized carbons (Fsp3) is 1.00. The summed E-state index contributed by atoms with van der Waals surface area (Å²) in [5.41, 5.74) is -2.77. The summed E-state index contributed by atoms with van der Waals surface area (Å²) in [6.45, 7) is 28.5.